The molecule has 0 aromatic heterocycles. The maximum absolute atomic E-state index is 11.6. The van der Waals surface area contributed by atoms with Crippen molar-refractivity contribution in [2.75, 3.05) is 13.2 Å². The van der Waals surface area contributed by atoms with Crippen molar-refractivity contribution in [3.05, 3.63) is 0 Å². The number of amides is 2. The van der Waals surface area contributed by atoms with Crippen LogP contribution in [0.25, 0.3) is 0 Å². The third-order valence-corrected chi connectivity index (χ3v) is 2.53. The molecule has 1 fully saturated rings. The summed E-state index contributed by atoms with van der Waals surface area (Å²) >= 11 is 0. The average molecular weight is 214 g/mol. The fraction of sp³-hybridized carbons (Fsp3) is 0.800. The molecular formula is C10H18N2O3. The van der Waals surface area contributed by atoms with Crippen LogP contribution < -0.4 is 10.6 Å². The average Bonchev–Trinajstić information content (AvgIpc) is 2.61. The molecule has 5 heteroatoms. The molecule has 0 aliphatic carbocycles. The summed E-state index contributed by atoms with van der Waals surface area (Å²) < 4.78 is 0. The smallest absolute Gasteiger partial charge is 0.225 e. The first kappa shape index (κ1) is 12.0. The highest BCUT2D eigenvalue weighted by atomic mass is 16.3. The number of carbonyl (C=O) groups excluding carboxylic acids is 2. The second-order valence-electron chi connectivity index (χ2n) is 3.98. The van der Waals surface area contributed by atoms with E-state index in [1.807, 2.05) is 6.92 Å². The van der Waals surface area contributed by atoms with E-state index in [2.05, 4.69) is 10.6 Å². The van der Waals surface area contributed by atoms with Gasteiger partial charge in [0.2, 0.25) is 11.8 Å². The minimum atomic E-state index is -0.228. The van der Waals surface area contributed by atoms with E-state index in [1.54, 1.807) is 0 Å². The monoisotopic (exact) mass is 214 g/mol. The third-order valence-electron chi connectivity index (χ3n) is 2.53. The van der Waals surface area contributed by atoms with E-state index in [0.29, 0.717) is 19.4 Å². The van der Waals surface area contributed by atoms with Crippen LogP contribution in [0.15, 0.2) is 0 Å². The van der Waals surface area contributed by atoms with E-state index in [-0.39, 0.29) is 30.4 Å². The lowest BCUT2D eigenvalue weighted by molar-refractivity contribution is -0.127. The van der Waals surface area contributed by atoms with Gasteiger partial charge in [0.25, 0.3) is 0 Å². The van der Waals surface area contributed by atoms with E-state index >= 15 is 0 Å². The summed E-state index contributed by atoms with van der Waals surface area (Å²) in [5.41, 5.74) is 0. The van der Waals surface area contributed by atoms with Crippen LogP contribution in [-0.4, -0.2) is 36.1 Å². The summed E-state index contributed by atoms with van der Waals surface area (Å²) in [6.45, 7) is 2.48. The number of aliphatic hydroxyl groups is 1. The predicted molar refractivity (Wildman–Crippen MR) is 55.0 cm³/mol. The minimum absolute atomic E-state index is 0.0559. The van der Waals surface area contributed by atoms with Gasteiger partial charge in [-0.2, -0.15) is 0 Å². The lowest BCUT2D eigenvalue weighted by Gasteiger charge is -2.15. The van der Waals surface area contributed by atoms with Crippen molar-refractivity contribution in [3.63, 3.8) is 0 Å². The fourth-order valence-corrected chi connectivity index (χ4v) is 1.62. The first-order chi connectivity index (χ1) is 7.13. The first-order valence-corrected chi connectivity index (χ1v) is 5.31. The van der Waals surface area contributed by atoms with Gasteiger partial charge < -0.3 is 15.7 Å². The Balaban J connectivity index is 2.25. The molecule has 1 rings (SSSR count). The Hall–Kier alpha value is -1.10. The molecular weight excluding hydrogens is 196 g/mol. The van der Waals surface area contributed by atoms with Crippen LogP contribution in [0.4, 0.5) is 0 Å². The summed E-state index contributed by atoms with van der Waals surface area (Å²) in [6, 6.07) is 0.0559. The number of carbonyl (C=O) groups is 2. The van der Waals surface area contributed by atoms with E-state index in [4.69, 9.17) is 5.11 Å². The van der Waals surface area contributed by atoms with Crippen LogP contribution in [0.3, 0.4) is 0 Å². The number of hydrogen-bond acceptors (Lipinski definition) is 3. The summed E-state index contributed by atoms with van der Waals surface area (Å²) in [5, 5.41) is 14.1. The van der Waals surface area contributed by atoms with Crippen LogP contribution in [-0.2, 0) is 9.59 Å². The van der Waals surface area contributed by atoms with Gasteiger partial charge in [0.05, 0.1) is 5.92 Å². The van der Waals surface area contributed by atoms with Crippen molar-refractivity contribution in [2.24, 2.45) is 5.92 Å². The molecule has 1 aliphatic heterocycles. The second kappa shape index (κ2) is 5.70. The predicted octanol–water partition coefficient (Wildman–Crippen LogP) is -0.600. The van der Waals surface area contributed by atoms with Gasteiger partial charge >= 0.3 is 0 Å². The SMILES string of the molecule is CC(CCCO)NC(=O)C1CNC(=O)C1. The van der Waals surface area contributed by atoms with E-state index in [0.717, 1.165) is 6.42 Å². The zero-order valence-electron chi connectivity index (χ0n) is 8.95. The molecule has 0 aromatic carbocycles. The molecule has 1 aliphatic rings. The zero-order chi connectivity index (χ0) is 11.3. The zero-order valence-corrected chi connectivity index (χ0v) is 8.95. The van der Waals surface area contributed by atoms with Crippen LogP contribution in [0.1, 0.15) is 26.2 Å². The Labute approximate surface area is 89.2 Å². The molecule has 2 amide bonds. The van der Waals surface area contributed by atoms with Gasteiger partial charge in [0, 0.05) is 25.6 Å². The van der Waals surface area contributed by atoms with Crippen molar-refractivity contribution in [1.29, 1.82) is 0 Å². The molecule has 0 saturated carbocycles. The molecule has 15 heavy (non-hydrogen) atoms. The largest absolute Gasteiger partial charge is 0.396 e. The Kier molecular flexibility index (Phi) is 4.55. The Morgan fingerprint density at radius 2 is 2.47 bits per heavy atom. The van der Waals surface area contributed by atoms with Crippen molar-refractivity contribution >= 4 is 11.8 Å². The lowest BCUT2D eigenvalue weighted by Crippen LogP contribution is -2.38. The second-order valence-corrected chi connectivity index (χ2v) is 3.98. The molecule has 3 N–H and O–H groups in total. The Bertz CT molecular complexity index is 243. The molecule has 0 aromatic rings. The molecule has 2 unspecified atom stereocenters. The normalized spacial score (nSPS) is 22.3. The van der Waals surface area contributed by atoms with Gasteiger partial charge in [-0.3, -0.25) is 9.59 Å². The summed E-state index contributed by atoms with van der Waals surface area (Å²) in [6.07, 6.45) is 1.73. The maximum atomic E-state index is 11.6. The van der Waals surface area contributed by atoms with Crippen molar-refractivity contribution < 1.29 is 14.7 Å². The fourth-order valence-electron chi connectivity index (χ4n) is 1.62. The summed E-state index contributed by atoms with van der Waals surface area (Å²) in [7, 11) is 0. The lowest BCUT2D eigenvalue weighted by atomic mass is 10.1. The van der Waals surface area contributed by atoms with Gasteiger partial charge in [-0.05, 0) is 19.8 Å². The quantitative estimate of drug-likeness (QED) is 0.572. The molecule has 5 nitrogen and oxygen atoms in total. The number of aliphatic hydroxyl groups excluding tert-OH is 1. The Morgan fingerprint density at radius 1 is 1.73 bits per heavy atom. The topological polar surface area (TPSA) is 78.4 Å². The maximum Gasteiger partial charge on any atom is 0.225 e. The van der Waals surface area contributed by atoms with Gasteiger partial charge in [0.1, 0.15) is 0 Å². The van der Waals surface area contributed by atoms with E-state index < -0.39 is 0 Å². The van der Waals surface area contributed by atoms with Crippen molar-refractivity contribution in [2.45, 2.75) is 32.2 Å². The molecule has 2 atom stereocenters. The van der Waals surface area contributed by atoms with Crippen molar-refractivity contribution in [3.8, 4) is 0 Å². The van der Waals surface area contributed by atoms with Crippen LogP contribution in [0.5, 0.6) is 0 Å². The highest BCUT2D eigenvalue weighted by Gasteiger charge is 2.28. The van der Waals surface area contributed by atoms with Gasteiger partial charge in [-0.25, -0.2) is 0 Å². The minimum Gasteiger partial charge on any atom is -0.396 e. The van der Waals surface area contributed by atoms with E-state index in [1.165, 1.54) is 0 Å². The van der Waals surface area contributed by atoms with Crippen LogP contribution in [0, 0.1) is 5.92 Å². The number of rotatable bonds is 5. The van der Waals surface area contributed by atoms with Gasteiger partial charge in [-0.1, -0.05) is 0 Å². The standard InChI is InChI=1S/C10H18N2O3/c1-7(3-2-4-13)12-10(15)8-5-9(14)11-6-8/h7-8,13H,2-6H2,1H3,(H,11,14)(H,12,15). The van der Waals surface area contributed by atoms with Crippen molar-refractivity contribution in [1.82, 2.24) is 10.6 Å². The highest BCUT2D eigenvalue weighted by Crippen LogP contribution is 2.09. The summed E-state index contributed by atoms with van der Waals surface area (Å²) in [4.78, 5) is 22.5. The Morgan fingerprint density at radius 3 is 3.00 bits per heavy atom. The molecule has 1 saturated heterocycles. The van der Waals surface area contributed by atoms with Crippen LogP contribution >= 0.6 is 0 Å². The molecule has 0 bridgehead atoms. The number of nitrogens with one attached hydrogen (secondary N) is 2. The molecule has 1 heterocycles. The third kappa shape index (κ3) is 3.87. The first-order valence-electron chi connectivity index (χ1n) is 5.31. The van der Waals surface area contributed by atoms with Gasteiger partial charge in [-0.15, -0.1) is 0 Å². The van der Waals surface area contributed by atoms with Crippen LogP contribution in [0.2, 0.25) is 0 Å². The highest BCUT2D eigenvalue weighted by molar-refractivity contribution is 5.89. The molecule has 0 spiro atoms. The van der Waals surface area contributed by atoms with E-state index in [9.17, 15) is 9.59 Å². The summed E-state index contributed by atoms with van der Waals surface area (Å²) in [5.74, 6) is -0.356. The molecule has 86 valence electrons. The molecule has 0 radical (unpaired) electrons. The number of hydrogen-bond donors (Lipinski definition) is 3. The van der Waals surface area contributed by atoms with Gasteiger partial charge in [0.15, 0.2) is 0 Å².